The molecular weight excluding hydrogens is 284 g/mol. The summed E-state index contributed by atoms with van der Waals surface area (Å²) in [5, 5.41) is 0. The van der Waals surface area contributed by atoms with Crippen LogP contribution in [-0.4, -0.2) is 47.0 Å². The Balaban J connectivity index is 1.60. The number of fused-ring (bicyclic) bond motifs is 2. The highest BCUT2D eigenvalue weighted by atomic mass is 16.8. The van der Waals surface area contributed by atoms with Crippen LogP contribution in [0.15, 0.2) is 30.6 Å². The molecule has 0 N–H and O–H groups in total. The smallest absolute Gasteiger partial charge is 0.186 e. The molecule has 0 radical (unpaired) electrons. The molecular formula is C16H20N2O4. The van der Waals surface area contributed by atoms with Crippen molar-refractivity contribution >= 4 is 11.0 Å². The van der Waals surface area contributed by atoms with Gasteiger partial charge in [0.15, 0.2) is 12.1 Å². The molecule has 118 valence electrons. The topological polar surface area (TPSA) is 54.7 Å². The van der Waals surface area contributed by atoms with Gasteiger partial charge in [-0.25, -0.2) is 4.98 Å². The Bertz CT molecular complexity index is 684. The maximum atomic E-state index is 6.02. The molecule has 0 unspecified atom stereocenters. The third kappa shape index (κ3) is 2.23. The SMILES string of the molecule is CO[C@@H]1O[C@H](Cn2cnc3ccccc32)[C@H]2OC(C)(C)O[C@@H]12. The zero-order valence-electron chi connectivity index (χ0n) is 12.9. The monoisotopic (exact) mass is 304 g/mol. The van der Waals surface area contributed by atoms with Gasteiger partial charge < -0.3 is 23.5 Å². The second-order valence-electron chi connectivity index (χ2n) is 6.23. The number of aromatic nitrogens is 2. The molecule has 1 aromatic heterocycles. The van der Waals surface area contributed by atoms with E-state index in [4.69, 9.17) is 18.9 Å². The van der Waals surface area contributed by atoms with Crippen molar-refractivity contribution in [2.75, 3.05) is 7.11 Å². The predicted molar refractivity (Wildman–Crippen MR) is 79.2 cm³/mol. The Hall–Kier alpha value is -1.47. The van der Waals surface area contributed by atoms with Crippen LogP contribution in [0.2, 0.25) is 0 Å². The van der Waals surface area contributed by atoms with E-state index in [0.29, 0.717) is 6.54 Å². The van der Waals surface area contributed by atoms with E-state index in [0.717, 1.165) is 11.0 Å². The van der Waals surface area contributed by atoms with Gasteiger partial charge in [-0.2, -0.15) is 0 Å². The third-order valence-electron chi connectivity index (χ3n) is 4.24. The standard InChI is InChI=1S/C16H20N2O4/c1-16(2)21-13-12(20-15(19-3)14(13)22-16)8-18-9-17-10-6-4-5-7-11(10)18/h4-7,9,12-15H,8H2,1-3H3/t12-,13-,14-,15-/m1/s1. The summed E-state index contributed by atoms with van der Waals surface area (Å²) in [7, 11) is 1.63. The molecule has 2 aromatic rings. The fourth-order valence-corrected chi connectivity index (χ4v) is 3.33. The Morgan fingerprint density at radius 1 is 1.23 bits per heavy atom. The number of ether oxygens (including phenoxy) is 4. The molecule has 22 heavy (non-hydrogen) atoms. The molecule has 6 heteroatoms. The first kappa shape index (κ1) is 14.1. The lowest BCUT2D eigenvalue weighted by molar-refractivity contribution is -0.228. The van der Waals surface area contributed by atoms with Crippen LogP contribution in [-0.2, 0) is 25.5 Å². The fourth-order valence-electron chi connectivity index (χ4n) is 3.33. The predicted octanol–water partition coefficient (Wildman–Crippen LogP) is 1.93. The summed E-state index contributed by atoms with van der Waals surface area (Å²) in [5.74, 6) is -0.606. The van der Waals surface area contributed by atoms with Crippen molar-refractivity contribution in [2.24, 2.45) is 0 Å². The molecule has 0 aliphatic carbocycles. The van der Waals surface area contributed by atoms with Crippen molar-refractivity contribution in [1.29, 1.82) is 0 Å². The number of rotatable bonds is 3. The minimum Gasteiger partial charge on any atom is -0.353 e. The van der Waals surface area contributed by atoms with Crippen LogP contribution < -0.4 is 0 Å². The van der Waals surface area contributed by atoms with Crippen LogP contribution in [0, 0.1) is 0 Å². The van der Waals surface area contributed by atoms with Gasteiger partial charge in [0.05, 0.1) is 23.9 Å². The lowest BCUT2D eigenvalue weighted by Crippen LogP contribution is -2.32. The molecule has 1 aromatic carbocycles. The van der Waals surface area contributed by atoms with Crippen molar-refractivity contribution in [3.63, 3.8) is 0 Å². The van der Waals surface area contributed by atoms with Crippen LogP contribution in [0.3, 0.4) is 0 Å². The van der Waals surface area contributed by atoms with Gasteiger partial charge in [0.1, 0.15) is 18.3 Å². The van der Waals surface area contributed by atoms with Crippen molar-refractivity contribution in [1.82, 2.24) is 9.55 Å². The normalized spacial score (nSPS) is 33.4. The number of nitrogens with zero attached hydrogens (tertiary/aromatic N) is 2. The van der Waals surface area contributed by atoms with Gasteiger partial charge in [-0.3, -0.25) is 0 Å². The summed E-state index contributed by atoms with van der Waals surface area (Å²) in [6, 6.07) is 8.05. The minimum absolute atomic E-state index is 0.130. The van der Waals surface area contributed by atoms with Gasteiger partial charge in [-0.15, -0.1) is 0 Å². The molecule has 4 rings (SSSR count). The number of hydrogen-bond acceptors (Lipinski definition) is 5. The maximum absolute atomic E-state index is 6.02. The average Bonchev–Trinajstić information content (AvgIpc) is 3.12. The summed E-state index contributed by atoms with van der Waals surface area (Å²) >= 11 is 0. The van der Waals surface area contributed by atoms with E-state index in [1.807, 2.05) is 38.4 Å². The van der Waals surface area contributed by atoms with Crippen LogP contribution >= 0.6 is 0 Å². The number of hydrogen-bond donors (Lipinski definition) is 0. The third-order valence-corrected chi connectivity index (χ3v) is 4.24. The maximum Gasteiger partial charge on any atom is 0.186 e. The highest BCUT2D eigenvalue weighted by Gasteiger charge is 2.55. The van der Waals surface area contributed by atoms with E-state index < -0.39 is 12.1 Å². The number of para-hydroxylation sites is 2. The van der Waals surface area contributed by atoms with Crippen molar-refractivity contribution in [3.8, 4) is 0 Å². The summed E-state index contributed by atoms with van der Waals surface area (Å²) in [6.07, 6.45) is 0.978. The van der Waals surface area contributed by atoms with Gasteiger partial charge in [0.25, 0.3) is 0 Å². The van der Waals surface area contributed by atoms with Gasteiger partial charge in [-0.05, 0) is 26.0 Å². The molecule has 0 bridgehead atoms. The first-order valence-corrected chi connectivity index (χ1v) is 7.51. The van der Waals surface area contributed by atoms with Gasteiger partial charge >= 0.3 is 0 Å². The van der Waals surface area contributed by atoms with Crippen LogP contribution in [0.25, 0.3) is 11.0 Å². The molecule has 0 spiro atoms. The molecule has 6 nitrogen and oxygen atoms in total. The lowest BCUT2D eigenvalue weighted by Gasteiger charge is -2.23. The average molecular weight is 304 g/mol. The first-order valence-electron chi connectivity index (χ1n) is 7.51. The lowest BCUT2D eigenvalue weighted by atomic mass is 10.1. The quantitative estimate of drug-likeness (QED) is 0.867. The van der Waals surface area contributed by atoms with E-state index in [9.17, 15) is 0 Å². The van der Waals surface area contributed by atoms with Crippen LogP contribution in [0.5, 0.6) is 0 Å². The number of methoxy groups -OCH3 is 1. The summed E-state index contributed by atoms with van der Waals surface area (Å²) in [4.78, 5) is 4.42. The highest BCUT2D eigenvalue weighted by molar-refractivity contribution is 5.74. The summed E-state index contributed by atoms with van der Waals surface area (Å²) in [5.41, 5.74) is 2.06. The largest absolute Gasteiger partial charge is 0.353 e. The van der Waals surface area contributed by atoms with Crippen molar-refractivity contribution < 1.29 is 18.9 Å². The molecule has 2 aliphatic heterocycles. The molecule has 2 aliphatic rings. The van der Waals surface area contributed by atoms with E-state index in [1.165, 1.54) is 0 Å². The van der Waals surface area contributed by atoms with Crippen LogP contribution in [0.1, 0.15) is 13.8 Å². The zero-order valence-corrected chi connectivity index (χ0v) is 12.9. The first-order chi connectivity index (χ1) is 10.6. The summed E-state index contributed by atoms with van der Waals surface area (Å²) in [6.45, 7) is 4.49. The minimum atomic E-state index is -0.606. The number of imidazole rings is 1. The number of benzene rings is 1. The van der Waals surface area contributed by atoms with Crippen molar-refractivity contribution in [3.05, 3.63) is 30.6 Å². The van der Waals surface area contributed by atoms with Gasteiger partial charge in [0, 0.05) is 7.11 Å². The molecule has 0 saturated carbocycles. The Kier molecular flexibility index (Phi) is 3.23. The molecule has 2 fully saturated rings. The van der Waals surface area contributed by atoms with Crippen molar-refractivity contribution in [2.45, 2.75) is 50.8 Å². The fraction of sp³-hybridized carbons (Fsp3) is 0.562. The Labute approximate surface area is 128 Å². The molecule has 2 saturated heterocycles. The van der Waals surface area contributed by atoms with E-state index in [-0.39, 0.29) is 18.3 Å². The van der Waals surface area contributed by atoms with Gasteiger partial charge in [-0.1, -0.05) is 12.1 Å². The second kappa shape index (κ2) is 5.03. The molecule has 3 heterocycles. The summed E-state index contributed by atoms with van der Waals surface area (Å²) < 4.78 is 25.4. The van der Waals surface area contributed by atoms with Crippen LogP contribution in [0.4, 0.5) is 0 Å². The Morgan fingerprint density at radius 2 is 2.00 bits per heavy atom. The zero-order chi connectivity index (χ0) is 15.3. The van der Waals surface area contributed by atoms with Gasteiger partial charge in [0.2, 0.25) is 0 Å². The van der Waals surface area contributed by atoms with E-state index in [1.54, 1.807) is 7.11 Å². The molecule has 0 amide bonds. The highest BCUT2D eigenvalue weighted by Crippen LogP contribution is 2.39. The Morgan fingerprint density at radius 3 is 2.82 bits per heavy atom. The molecule has 4 atom stereocenters. The van der Waals surface area contributed by atoms with E-state index in [2.05, 4.69) is 15.6 Å². The second-order valence-corrected chi connectivity index (χ2v) is 6.23. The van der Waals surface area contributed by atoms with E-state index >= 15 is 0 Å².